The van der Waals surface area contributed by atoms with E-state index in [0.717, 1.165) is 16.3 Å². The molecule has 0 aliphatic heterocycles. The second-order valence-corrected chi connectivity index (χ2v) is 4.01. The van der Waals surface area contributed by atoms with E-state index in [2.05, 4.69) is 10.1 Å². The number of hydrogen-bond acceptors (Lipinski definition) is 4. The van der Waals surface area contributed by atoms with Gasteiger partial charge in [-0.15, -0.1) is 0 Å². The Morgan fingerprint density at radius 3 is 2.67 bits per heavy atom. The van der Waals surface area contributed by atoms with Crippen molar-refractivity contribution in [3.8, 4) is 11.4 Å². The highest BCUT2D eigenvalue weighted by molar-refractivity contribution is 5.95. The predicted octanol–water partition coefficient (Wildman–Crippen LogP) is 3.09. The van der Waals surface area contributed by atoms with Gasteiger partial charge in [0.05, 0.1) is 0 Å². The van der Waals surface area contributed by atoms with Gasteiger partial charge in [0.2, 0.25) is 11.6 Å². The van der Waals surface area contributed by atoms with Gasteiger partial charge in [-0.05, 0) is 10.8 Å². The molecule has 18 heavy (non-hydrogen) atoms. The lowest BCUT2D eigenvalue weighted by atomic mass is 10.0. The molecule has 1 aromatic heterocycles. The molecule has 2 aromatic carbocycles. The number of fused-ring (bicyclic) bond motifs is 1. The van der Waals surface area contributed by atoms with E-state index in [-0.39, 0.29) is 11.7 Å². The summed E-state index contributed by atoms with van der Waals surface area (Å²) in [5.74, 6) is 0.254. The number of hydrogen-bond donors (Lipinski definition) is 0. The van der Waals surface area contributed by atoms with Crippen LogP contribution in [0.5, 0.6) is 0 Å². The van der Waals surface area contributed by atoms with Crippen molar-refractivity contribution in [2.24, 2.45) is 0 Å². The molecule has 0 amide bonds. The Balaban J connectivity index is 2.21. The van der Waals surface area contributed by atoms with Gasteiger partial charge in [0.25, 0.3) is 5.89 Å². The highest BCUT2D eigenvalue weighted by Crippen LogP contribution is 2.26. The van der Waals surface area contributed by atoms with Crippen LogP contribution in [0.1, 0.15) is 17.6 Å². The SMILES string of the molecule is CC(=O)c1nc(-c2cccc3ccccc23)no1. The molecule has 1 heterocycles. The van der Waals surface area contributed by atoms with Crippen LogP contribution in [-0.2, 0) is 0 Å². The summed E-state index contributed by atoms with van der Waals surface area (Å²) >= 11 is 0. The maximum absolute atomic E-state index is 11.2. The van der Waals surface area contributed by atoms with Crippen LogP contribution in [0.2, 0.25) is 0 Å². The number of benzene rings is 2. The van der Waals surface area contributed by atoms with Crippen molar-refractivity contribution in [3.63, 3.8) is 0 Å². The first-order valence-corrected chi connectivity index (χ1v) is 5.58. The minimum atomic E-state index is -0.228. The summed E-state index contributed by atoms with van der Waals surface area (Å²) in [5, 5.41) is 5.99. The fraction of sp³-hybridized carbons (Fsp3) is 0.0714. The highest BCUT2D eigenvalue weighted by Gasteiger charge is 2.13. The molecule has 0 aliphatic rings. The van der Waals surface area contributed by atoms with Gasteiger partial charge in [-0.25, -0.2) is 0 Å². The molecular weight excluding hydrogens is 228 g/mol. The van der Waals surface area contributed by atoms with Crippen molar-refractivity contribution in [3.05, 3.63) is 48.4 Å². The molecule has 4 nitrogen and oxygen atoms in total. The smallest absolute Gasteiger partial charge is 0.294 e. The normalized spacial score (nSPS) is 10.7. The first kappa shape index (κ1) is 10.7. The Hall–Kier alpha value is -2.49. The molecule has 0 atom stereocenters. The van der Waals surface area contributed by atoms with E-state index in [4.69, 9.17) is 4.52 Å². The van der Waals surface area contributed by atoms with E-state index in [0.29, 0.717) is 5.82 Å². The lowest BCUT2D eigenvalue weighted by Gasteiger charge is -2.01. The Bertz CT molecular complexity index is 726. The number of rotatable bonds is 2. The molecule has 0 spiro atoms. The lowest BCUT2D eigenvalue weighted by molar-refractivity contribution is 0.0972. The third kappa shape index (κ3) is 1.68. The number of ketones is 1. The minimum Gasteiger partial charge on any atom is -0.330 e. The van der Waals surface area contributed by atoms with E-state index >= 15 is 0 Å². The van der Waals surface area contributed by atoms with Crippen molar-refractivity contribution in [2.75, 3.05) is 0 Å². The number of Topliss-reactive ketones (excluding diaryl/α,β-unsaturated/α-hetero) is 1. The second-order valence-electron chi connectivity index (χ2n) is 4.01. The van der Waals surface area contributed by atoms with Gasteiger partial charge < -0.3 is 4.52 Å². The molecule has 0 fully saturated rings. The topological polar surface area (TPSA) is 56.0 Å². The molecule has 88 valence electrons. The van der Waals surface area contributed by atoms with Crippen molar-refractivity contribution in [2.45, 2.75) is 6.92 Å². The Labute approximate surface area is 103 Å². The van der Waals surface area contributed by atoms with E-state index in [1.54, 1.807) is 0 Å². The molecule has 0 N–H and O–H groups in total. The third-order valence-electron chi connectivity index (χ3n) is 2.76. The summed E-state index contributed by atoms with van der Waals surface area (Å²) in [6.07, 6.45) is 0. The summed E-state index contributed by atoms with van der Waals surface area (Å²) in [5.41, 5.74) is 0.865. The second kappa shape index (κ2) is 4.07. The zero-order valence-corrected chi connectivity index (χ0v) is 9.75. The maximum atomic E-state index is 11.2. The van der Waals surface area contributed by atoms with Crippen LogP contribution in [0.25, 0.3) is 22.2 Å². The monoisotopic (exact) mass is 238 g/mol. The molecule has 3 aromatic rings. The molecule has 0 bridgehead atoms. The molecular formula is C14H10N2O2. The van der Waals surface area contributed by atoms with Crippen molar-refractivity contribution < 1.29 is 9.32 Å². The summed E-state index contributed by atoms with van der Waals surface area (Å²) in [7, 11) is 0. The quantitative estimate of drug-likeness (QED) is 0.644. The van der Waals surface area contributed by atoms with Crippen LogP contribution >= 0.6 is 0 Å². The number of carbonyl (C=O) groups is 1. The summed E-state index contributed by atoms with van der Waals surface area (Å²) < 4.78 is 4.92. The van der Waals surface area contributed by atoms with E-state index < -0.39 is 0 Å². The van der Waals surface area contributed by atoms with Gasteiger partial charge in [-0.1, -0.05) is 47.6 Å². The van der Waals surface area contributed by atoms with Crippen LogP contribution in [0.15, 0.2) is 47.0 Å². The summed E-state index contributed by atoms with van der Waals surface area (Å²) in [6.45, 7) is 1.40. The van der Waals surface area contributed by atoms with Gasteiger partial charge in [0.1, 0.15) is 0 Å². The lowest BCUT2D eigenvalue weighted by Crippen LogP contribution is -1.91. The Kier molecular flexibility index (Phi) is 2.41. The van der Waals surface area contributed by atoms with E-state index in [1.807, 2.05) is 42.5 Å². The molecule has 4 heteroatoms. The van der Waals surface area contributed by atoms with Gasteiger partial charge in [0.15, 0.2) is 0 Å². The Morgan fingerprint density at radius 1 is 1.11 bits per heavy atom. The van der Waals surface area contributed by atoms with Crippen LogP contribution in [0.3, 0.4) is 0 Å². The van der Waals surface area contributed by atoms with Crippen molar-refractivity contribution in [1.29, 1.82) is 0 Å². The average molecular weight is 238 g/mol. The predicted molar refractivity (Wildman–Crippen MR) is 67.2 cm³/mol. The Morgan fingerprint density at radius 2 is 1.89 bits per heavy atom. The van der Waals surface area contributed by atoms with Crippen molar-refractivity contribution >= 4 is 16.6 Å². The largest absolute Gasteiger partial charge is 0.330 e. The first-order chi connectivity index (χ1) is 8.75. The van der Waals surface area contributed by atoms with Crippen LogP contribution in [0, 0.1) is 0 Å². The highest BCUT2D eigenvalue weighted by atomic mass is 16.5. The number of nitrogens with zero attached hydrogens (tertiary/aromatic N) is 2. The maximum Gasteiger partial charge on any atom is 0.294 e. The zero-order valence-electron chi connectivity index (χ0n) is 9.75. The van der Waals surface area contributed by atoms with Gasteiger partial charge in [-0.3, -0.25) is 4.79 Å². The molecule has 3 rings (SSSR count). The standard InChI is InChI=1S/C14H10N2O2/c1-9(17)14-15-13(16-18-14)12-8-4-6-10-5-2-3-7-11(10)12/h2-8H,1H3. The minimum absolute atomic E-state index is 0.0398. The van der Waals surface area contributed by atoms with E-state index in [9.17, 15) is 4.79 Å². The molecule has 0 aliphatic carbocycles. The molecule has 0 saturated heterocycles. The van der Waals surface area contributed by atoms with E-state index in [1.165, 1.54) is 6.92 Å². The molecule has 0 radical (unpaired) electrons. The summed E-state index contributed by atoms with van der Waals surface area (Å²) in [4.78, 5) is 15.3. The third-order valence-corrected chi connectivity index (χ3v) is 2.76. The fourth-order valence-electron chi connectivity index (χ4n) is 1.90. The van der Waals surface area contributed by atoms with Gasteiger partial charge >= 0.3 is 0 Å². The van der Waals surface area contributed by atoms with Gasteiger partial charge in [-0.2, -0.15) is 4.98 Å². The zero-order chi connectivity index (χ0) is 12.5. The average Bonchev–Trinajstić information content (AvgIpc) is 2.87. The fourth-order valence-corrected chi connectivity index (χ4v) is 1.90. The molecule has 0 unspecified atom stereocenters. The summed E-state index contributed by atoms with van der Waals surface area (Å²) in [6, 6.07) is 13.8. The first-order valence-electron chi connectivity index (χ1n) is 5.58. The molecule has 0 saturated carbocycles. The van der Waals surface area contributed by atoms with Crippen LogP contribution in [0.4, 0.5) is 0 Å². The number of carbonyl (C=O) groups excluding carboxylic acids is 1. The van der Waals surface area contributed by atoms with Gasteiger partial charge in [0, 0.05) is 12.5 Å². The van der Waals surface area contributed by atoms with Crippen LogP contribution in [-0.4, -0.2) is 15.9 Å². The number of aromatic nitrogens is 2. The van der Waals surface area contributed by atoms with Crippen molar-refractivity contribution in [1.82, 2.24) is 10.1 Å². The van der Waals surface area contributed by atoms with Crippen LogP contribution < -0.4 is 0 Å².